The standard InChI is InChI=1S/C11H13N3/c12-8-4-5-10-9(6-8)11(14-13-10)7-2-1-3-7/h4-7H,1-3,12H2,(H,13,14). The zero-order valence-electron chi connectivity index (χ0n) is 7.96. The van der Waals surface area contributed by atoms with Crippen LogP contribution in [0.1, 0.15) is 30.9 Å². The summed E-state index contributed by atoms with van der Waals surface area (Å²) < 4.78 is 0. The van der Waals surface area contributed by atoms with Gasteiger partial charge in [-0.25, -0.2) is 0 Å². The Balaban J connectivity index is 2.18. The van der Waals surface area contributed by atoms with Gasteiger partial charge in [-0.3, -0.25) is 5.10 Å². The molecule has 1 aliphatic carbocycles. The third kappa shape index (κ3) is 1.02. The predicted molar refractivity (Wildman–Crippen MR) is 57.1 cm³/mol. The smallest absolute Gasteiger partial charge is 0.0925 e. The number of benzene rings is 1. The summed E-state index contributed by atoms with van der Waals surface area (Å²) in [5, 5.41) is 8.62. The zero-order valence-corrected chi connectivity index (χ0v) is 7.96. The van der Waals surface area contributed by atoms with Crippen molar-refractivity contribution in [2.75, 3.05) is 5.73 Å². The van der Waals surface area contributed by atoms with E-state index in [1.54, 1.807) is 0 Å². The van der Waals surface area contributed by atoms with Gasteiger partial charge in [-0.05, 0) is 31.0 Å². The fourth-order valence-corrected chi connectivity index (χ4v) is 2.06. The molecule has 0 bridgehead atoms. The van der Waals surface area contributed by atoms with Crippen molar-refractivity contribution in [1.29, 1.82) is 0 Å². The highest BCUT2D eigenvalue weighted by molar-refractivity contribution is 5.84. The lowest BCUT2D eigenvalue weighted by Gasteiger charge is -2.24. The van der Waals surface area contributed by atoms with Gasteiger partial charge in [0.1, 0.15) is 0 Å². The Morgan fingerprint density at radius 2 is 2.21 bits per heavy atom. The summed E-state index contributed by atoms with van der Waals surface area (Å²) in [5.74, 6) is 0.682. The van der Waals surface area contributed by atoms with Crippen LogP contribution in [-0.4, -0.2) is 10.2 Å². The third-order valence-electron chi connectivity index (χ3n) is 3.12. The monoisotopic (exact) mass is 187 g/mol. The van der Waals surface area contributed by atoms with E-state index in [-0.39, 0.29) is 0 Å². The van der Waals surface area contributed by atoms with E-state index in [2.05, 4.69) is 10.2 Å². The fourth-order valence-electron chi connectivity index (χ4n) is 2.06. The molecule has 0 unspecified atom stereocenters. The molecule has 1 aromatic carbocycles. The van der Waals surface area contributed by atoms with Gasteiger partial charge < -0.3 is 5.73 Å². The van der Waals surface area contributed by atoms with Crippen LogP contribution in [0, 0.1) is 0 Å². The van der Waals surface area contributed by atoms with E-state index in [1.807, 2.05) is 18.2 Å². The quantitative estimate of drug-likeness (QED) is 0.673. The largest absolute Gasteiger partial charge is 0.399 e. The summed E-state index contributed by atoms with van der Waals surface area (Å²) in [4.78, 5) is 0. The van der Waals surface area contributed by atoms with Crippen molar-refractivity contribution >= 4 is 16.6 Å². The summed E-state index contributed by atoms with van der Waals surface area (Å²) in [6, 6.07) is 5.89. The lowest BCUT2D eigenvalue weighted by atomic mass is 9.82. The third-order valence-corrected chi connectivity index (χ3v) is 3.12. The van der Waals surface area contributed by atoms with Gasteiger partial charge in [0.25, 0.3) is 0 Å². The van der Waals surface area contributed by atoms with Gasteiger partial charge in [0.15, 0.2) is 0 Å². The molecule has 3 heteroatoms. The molecule has 1 heterocycles. The molecule has 2 aromatic rings. The van der Waals surface area contributed by atoms with E-state index in [0.29, 0.717) is 5.92 Å². The summed E-state index contributed by atoms with van der Waals surface area (Å²) in [6.45, 7) is 0. The molecule has 0 aliphatic heterocycles. The molecule has 14 heavy (non-hydrogen) atoms. The van der Waals surface area contributed by atoms with Gasteiger partial charge in [0.05, 0.1) is 5.52 Å². The Morgan fingerprint density at radius 1 is 1.36 bits per heavy atom. The SMILES string of the molecule is Nc1ccc2n[nH]c(C3CCC3)c2c1. The van der Waals surface area contributed by atoms with Gasteiger partial charge >= 0.3 is 0 Å². The highest BCUT2D eigenvalue weighted by Crippen LogP contribution is 2.38. The van der Waals surface area contributed by atoms with Crippen LogP contribution < -0.4 is 5.73 Å². The van der Waals surface area contributed by atoms with Crippen LogP contribution in [0.4, 0.5) is 5.69 Å². The van der Waals surface area contributed by atoms with Gasteiger partial charge in [0.2, 0.25) is 0 Å². The van der Waals surface area contributed by atoms with E-state index < -0.39 is 0 Å². The first-order valence-electron chi connectivity index (χ1n) is 5.08. The van der Waals surface area contributed by atoms with E-state index in [0.717, 1.165) is 11.2 Å². The average molecular weight is 187 g/mol. The lowest BCUT2D eigenvalue weighted by Crippen LogP contribution is -2.09. The van der Waals surface area contributed by atoms with Gasteiger partial charge in [-0.1, -0.05) is 6.42 Å². The summed E-state index contributed by atoms with van der Waals surface area (Å²) >= 11 is 0. The van der Waals surface area contributed by atoms with Crippen LogP contribution in [0.5, 0.6) is 0 Å². The molecule has 0 radical (unpaired) electrons. The van der Waals surface area contributed by atoms with Crippen LogP contribution in [0.25, 0.3) is 10.9 Å². The topological polar surface area (TPSA) is 54.7 Å². The maximum absolute atomic E-state index is 5.77. The highest BCUT2D eigenvalue weighted by atomic mass is 15.1. The first-order chi connectivity index (χ1) is 6.84. The maximum Gasteiger partial charge on any atom is 0.0925 e. The van der Waals surface area contributed by atoms with Crippen molar-refractivity contribution in [2.24, 2.45) is 0 Å². The minimum Gasteiger partial charge on any atom is -0.399 e. The van der Waals surface area contributed by atoms with Crippen LogP contribution in [0.3, 0.4) is 0 Å². The van der Waals surface area contributed by atoms with Crippen molar-refractivity contribution in [1.82, 2.24) is 10.2 Å². The molecule has 0 atom stereocenters. The van der Waals surface area contributed by atoms with Gasteiger partial charge in [-0.15, -0.1) is 0 Å². The fraction of sp³-hybridized carbons (Fsp3) is 0.364. The lowest BCUT2D eigenvalue weighted by molar-refractivity contribution is 0.413. The van der Waals surface area contributed by atoms with E-state index >= 15 is 0 Å². The minimum absolute atomic E-state index is 0.682. The number of hydrogen-bond acceptors (Lipinski definition) is 2. The molecule has 1 aliphatic rings. The first-order valence-corrected chi connectivity index (χ1v) is 5.08. The zero-order chi connectivity index (χ0) is 9.54. The second kappa shape index (κ2) is 2.74. The van der Waals surface area contributed by atoms with Crippen LogP contribution in [0.2, 0.25) is 0 Å². The van der Waals surface area contributed by atoms with E-state index in [9.17, 15) is 0 Å². The Bertz CT molecular complexity index is 468. The number of nitrogens with one attached hydrogen (secondary N) is 1. The normalized spacial score (nSPS) is 17.1. The summed E-state index contributed by atoms with van der Waals surface area (Å²) in [6.07, 6.45) is 3.91. The highest BCUT2D eigenvalue weighted by Gasteiger charge is 2.23. The van der Waals surface area contributed by atoms with Crippen molar-refractivity contribution < 1.29 is 0 Å². The second-order valence-electron chi connectivity index (χ2n) is 4.04. The molecule has 3 N–H and O–H groups in total. The Labute approximate surface area is 82.3 Å². The van der Waals surface area contributed by atoms with Gasteiger partial charge in [0, 0.05) is 22.7 Å². The Kier molecular flexibility index (Phi) is 1.54. The van der Waals surface area contributed by atoms with Crippen molar-refractivity contribution in [3.8, 4) is 0 Å². The minimum atomic E-state index is 0.682. The van der Waals surface area contributed by atoms with E-state index in [4.69, 9.17) is 5.73 Å². The van der Waals surface area contributed by atoms with Crippen molar-refractivity contribution in [3.05, 3.63) is 23.9 Å². The van der Waals surface area contributed by atoms with Crippen molar-refractivity contribution in [3.63, 3.8) is 0 Å². The molecule has 1 saturated carbocycles. The number of nitrogens with zero attached hydrogens (tertiary/aromatic N) is 1. The van der Waals surface area contributed by atoms with Crippen LogP contribution in [0.15, 0.2) is 18.2 Å². The molecular weight excluding hydrogens is 174 g/mol. The second-order valence-corrected chi connectivity index (χ2v) is 4.04. The Morgan fingerprint density at radius 3 is 2.93 bits per heavy atom. The predicted octanol–water partition coefficient (Wildman–Crippen LogP) is 2.41. The molecule has 1 aromatic heterocycles. The van der Waals surface area contributed by atoms with E-state index in [1.165, 1.54) is 30.3 Å². The molecule has 1 fully saturated rings. The Hall–Kier alpha value is -1.51. The van der Waals surface area contributed by atoms with Crippen LogP contribution in [-0.2, 0) is 0 Å². The molecular formula is C11H13N3. The van der Waals surface area contributed by atoms with Crippen LogP contribution >= 0.6 is 0 Å². The van der Waals surface area contributed by atoms with Gasteiger partial charge in [-0.2, -0.15) is 5.10 Å². The van der Waals surface area contributed by atoms with Crippen molar-refractivity contribution in [2.45, 2.75) is 25.2 Å². The number of rotatable bonds is 1. The number of nitrogen functional groups attached to an aromatic ring is 1. The number of hydrogen-bond donors (Lipinski definition) is 2. The number of aromatic nitrogens is 2. The number of anilines is 1. The first kappa shape index (κ1) is 7.85. The molecule has 3 nitrogen and oxygen atoms in total. The number of aromatic amines is 1. The summed E-state index contributed by atoms with van der Waals surface area (Å²) in [5.41, 5.74) is 8.89. The molecule has 72 valence electrons. The molecule has 0 saturated heterocycles. The number of H-pyrrole nitrogens is 1. The maximum atomic E-state index is 5.77. The number of nitrogens with two attached hydrogens (primary N) is 1. The molecule has 0 amide bonds. The molecule has 3 rings (SSSR count). The average Bonchev–Trinajstić information content (AvgIpc) is 2.46. The summed E-state index contributed by atoms with van der Waals surface area (Å²) in [7, 11) is 0. The molecule has 0 spiro atoms. The number of fused-ring (bicyclic) bond motifs is 1.